The molecule has 0 heterocycles. The van der Waals surface area contributed by atoms with Crippen molar-refractivity contribution < 1.29 is 19.1 Å². The summed E-state index contributed by atoms with van der Waals surface area (Å²) in [6, 6.07) is 0.206. The Balaban J connectivity index is 0. The zero-order valence-corrected chi connectivity index (χ0v) is 8.49. The third-order valence-corrected chi connectivity index (χ3v) is 1.29. The standard InChI is InChI=1S/C6H13NO2.C2H4O2/c1-5(7-2)4-6(8)9-3;1-4-2-3/h5,7H,4H2,1-3H3;2H,1H3/t5-;/m1./s1. The Kier molecular flexibility index (Phi) is 12.1. The van der Waals surface area contributed by atoms with Gasteiger partial charge in [0.15, 0.2) is 0 Å². The van der Waals surface area contributed by atoms with Gasteiger partial charge in [-0.2, -0.15) is 0 Å². The molecule has 0 aromatic rings. The van der Waals surface area contributed by atoms with E-state index >= 15 is 0 Å². The lowest BCUT2D eigenvalue weighted by molar-refractivity contribution is -0.141. The lowest BCUT2D eigenvalue weighted by Crippen LogP contribution is -2.24. The average molecular weight is 191 g/mol. The number of hydrogen-bond acceptors (Lipinski definition) is 5. The maximum Gasteiger partial charge on any atom is 0.307 e. The van der Waals surface area contributed by atoms with Gasteiger partial charge in [0.05, 0.1) is 20.6 Å². The molecule has 0 amide bonds. The van der Waals surface area contributed by atoms with Crippen LogP contribution in [-0.4, -0.2) is 39.8 Å². The summed E-state index contributed by atoms with van der Waals surface area (Å²) in [4.78, 5) is 19.5. The van der Waals surface area contributed by atoms with Crippen LogP contribution in [0.1, 0.15) is 13.3 Å². The third kappa shape index (κ3) is 13.8. The predicted octanol–water partition coefficient (Wildman–Crippen LogP) is -0.0534. The van der Waals surface area contributed by atoms with Crippen molar-refractivity contribution in [2.45, 2.75) is 19.4 Å². The normalized spacial score (nSPS) is 10.5. The smallest absolute Gasteiger partial charge is 0.307 e. The second-order valence-corrected chi connectivity index (χ2v) is 2.30. The van der Waals surface area contributed by atoms with Crippen LogP contribution in [0.25, 0.3) is 0 Å². The number of carbonyl (C=O) groups is 2. The van der Waals surface area contributed by atoms with Gasteiger partial charge in [0.25, 0.3) is 6.47 Å². The van der Waals surface area contributed by atoms with E-state index in [1.54, 1.807) is 0 Å². The summed E-state index contributed by atoms with van der Waals surface area (Å²) in [7, 11) is 4.52. The first-order chi connectivity index (χ1) is 6.12. The van der Waals surface area contributed by atoms with Crippen molar-refractivity contribution in [3.05, 3.63) is 0 Å². The molecule has 0 saturated heterocycles. The van der Waals surface area contributed by atoms with Crippen molar-refractivity contribution in [3.63, 3.8) is 0 Å². The first kappa shape index (κ1) is 14.4. The van der Waals surface area contributed by atoms with Gasteiger partial charge in [-0.15, -0.1) is 0 Å². The van der Waals surface area contributed by atoms with Gasteiger partial charge in [-0.1, -0.05) is 0 Å². The Morgan fingerprint density at radius 1 is 1.54 bits per heavy atom. The van der Waals surface area contributed by atoms with Crippen molar-refractivity contribution >= 4 is 12.4 Å². The van der Waals surface area contributed by atoms with Crippen LogP contribution in [0.4, 0.5) is 0 Å². The quantitative estimate of drug-likeness (QED) is 0.498. The zero-order valence-electron chi connectivity index (χ0n) is 8.49. The molecule has 0 aromatic heterocycles. The highest BCUT2D eigenvalue weighted by Crippen LogP contribution is 1.90. The largest absolute Gasteiger partial charge is 0.471 e. The number of hydrogen-bond donors (Lipinski definition) is 1. The first-order valence-electron chi connectivity index (χ1n) is 3.82. The summed E-state index contributed by atoms with van der Waals surface area (Å²) in [6.45, 7) is 2.30. The van der Waals surface area contributed by atoms with Crippen LogP contribution < -0.4 is 5.32 Å². The molecule has 0 aromatic carbocycles. The summed E-state index contributed by atoms with van der Waals surface area (Å²) in [5.41, 5.74) is 0. The summed E-state index contributed by atoms with van der Waals surface area (Å²) >= 11 is 0. The lowest BCUT2D eigenvalue weighted by atomic mass is 10.2. The van der Waals surface area contributed by atoms with Gasteiger partial charge in [-0.05, 0) is 14.0 Å². The molecule has 13 heavy (non-hydrogen) atoms. The monoisotopic (exact) mass is 191 g/mol. The molecule has 0 aliphatic heterocycles. The molecular weight excluding hydrogens is 174 g/mol. The Hall–Kier alpha value is -1.10. The van der Waals surface area contributed by atoms with Crippen LogP contribution in [0.2, 0.25) is 0 Å². The number of methoxy groups -OCH3 is 2. The van der Waals surface area contributed by atoms with E-state index in [4.69, 9.17) is 4.79 Å². The maximum absolute atomic E-state index is 10.5. The topological polar surface area (TPSA) is 64.6 Å². The van der Waals surface area contributed by atoms with Crippen LogP contribution in [0.5, 0.6) is 0 Å². The molecule has 5 heteroatoms. The Labute approximate surface area is 78.4 Å². The fraction of sp³-hybridized carbons (Fsp3) is 0.750. The zero-order chi connectivity index (χ0) is 10.7. The van der Waals surface area contributed by atoms with Crippen LogP contribution in [0, 0.1) is 0 Å². The molecule has 0 unspecified atom stereocenters. The molecule has 1 atom stereocenters. The summed E-state index contributed by atoms with van der Waals surface area (Å²) in [6.07, 6.45) is 0.438. The fourth-order valence-electron chi connectivity index (χ4n) is 0.435. The Morgan fingerprint density at radius 3 is 2.23 bits per heavy atom. The minimum atomic E-state index is -0.170. The van der Waals surface area contributed by atoms with Crippen molar-refractivity contribution in [2.24, 2.45) is 0 Å². The highest BCUT2D eigenvalue weighted by Gasteiger charge is 2.04. The van der Waals surface area contributed by atoms with E-state index < -0.39 is 0 Å². The number of ether oxygens (including phenoxy) is 2. The second kappa shape index (κ2) is 10.9. The van der Waals surface area contributed by atoms with Crippen LogP contribution in [-0.2, 0) is 19.1 Å². The molecule has 78 valence electrons. The Bertz CT molecular complexity index is 138. The molecule has 0 radical (unpaired) electrons. The SMILES string of the molecule is CN[C@H](C)CC(=O)OC.COC=O. The number of carbonyl (C=O) groups excluding carboxylic acids is 2. The summed E-state index contributed by atoms with van der Waals surface area (Å²) in [5, 5.41) is 2.93. The van der Waals surface area contributed by atoms with E-state index in [1.165, 1.54) is 14.2 Å². The van der Waals surface area contributed by atoms with Crippen LogP contribution in [0.15, 0.2) is 0 Å². The van der Waals surface area contributed by atoms with E-state index in [-0.39, 0.29) is 12.0 Å². The van der Waals surface area contributed by atoms with E-state index in [0.717, 1.165) is 0 Å². The van der Waals surface area contributed by atoms with E-state index in [2.05, 4.69) is 14.8 Å². The highest BCUT2D eigenvalue weighted by molar-refractivity contribution is 5.69. The van der Waals surface area contributed by atoms with Gasteiger partial charge >= 0.3 is 5.97 Å². The molecule has 0 aliphatic carbocycles. The van der Waals surface area contributed by atoms with Crippen molar-refractivity contribution in [3.8, 4) is 0 Å². The summed E-state index contributed by atoms with van der Waals surface area (Å²) in [5.74, 6) is -0.170. The molecule has 0 rings (SSSR count). The van der Waals surface area contributed by atoms with E-state index in [0.29, 0.717) is 12.9 Å². The van der Waals surface area contributed by atoms with Crippen molar-refractivity contribution in [1.29, 1.82) is 0 Å². The van der Waals surface area contributed by atoms with E-state index in [1.807, 2.05) is 14.0 Å². The Morgan fingerprint density at radius 2 is 2.00 bits per heavy atom. The highest BCUT2D eigenvalue weighted by atomic mass is 16.5. The van der Waals surface area contributed by atoms with Gasteiger partial charge in [-0.3, -0.25) is 9.59 Å². The van der Waals surface area contributed by atoms with Gasteiger partial charge in [0, 0.05) is 6.04 Å². The summed E-state index contributed by atoms with van der Waals surface area (Å²) < 4.78 is 8.30. The molecule has 0 aliphatic rings. The lowest BCUT2D eigenvalue weighted by Gasteiger charge is -2.06. The van der Waals surface area contributed by atoms with Gasteiger partial charge in [0.1, 0.15) is 0 Å². The molecule has 5 nitrogen and oxygen atoms in total. The molecule has 0 fully saturated rings. The molecule has 0 spiro atoms. The van der Waals surface area contributed by atoms with Gasteiger partial charge in [0.2, 0.25) is 0 Å². The average Bonchev–Trinajstić information content (AvgIpc) is 2.17. The second-order valence-electron chi connectivity index (χ2n) is 2.30. The third-order valence-electron chi connectivity index (χ3n) is 1.29. The molecule has 1 N–H and O–H groups in total. The number of rotatable bonds is 4. The van der Waals surface area contributed by atoms with Crippen molar-refractivity contribution in [1.82, 2.24) is 5.32 Å². The van der Waals surface area contributed by atoms with Crippen molar-refractivity contribution in [2.75, 3.05) is 21.3 Å². The molecule has 0 bridgehead atoms. The fourth-order valence-corrected chi connectivity index (χ4v) is 0.435. The molecular formula is C8H17NO4. The van der Waals surface area contributed by atoms with Crippen LogP contribution >= 0.6 is 0 Å². The number of esters is 1. The van der Waals surface area contributed by atoms with Gasteiger partial charge in [-0.25, -0.2) is 0 Å². The first-order valence-corrected chi connectivity index (χ1v) is 3.82. The molecule has 0 saturated carbocycles. The van der Waals surface area contributed by atoms with Gasteiger partial charge < -0.3 is 14.8 Å². The minimum Gasteiger partial charge on any atom is -0.471 e. The van der Waals surface area contributed by atoms with E-state index in [9.17, 15) is 4.79 Å². The minimum absolute atomic E-state index is 0.170. The number of nitrogens with one attached hydrogen (secondary N) is 1. The van der Waals surface area contributed by atoms with Crippen LogP contribution in [0.3, 0.4) is 0 Å². The maximum atomic E-state index is 10.5. The predicted molar refractivity (Wildman–Crippen MR) is 48.2 cm³/mol.